The zero-order chi connectivity index (χ0) is 21.1. The Morgan fingerprint density at radius 2 is 1.66 bits per heavy atom. The van der Waals surface area contributed by atoms with Gasteiger partial charge in [-0.05, 0) is 35.9 Å². The van der Waals surface area contributed by atoms with E-state index in [1.54, 1.807) is 44.4 Å². The smallest absolute Gasteiger partial charge is 0.414 e. The quantitative estimate of drug-likeness (QED) is 0.713. The number of ether oxygens (including phenoxy) is 5. The third-order valence-corrected chi connectivity index (χ3v) is 4.20. The van der Waals surface area contributed by atoms with Crippen LogP contribution in [0.15, 0.2) is 36.1 Å². The van der Waals surface area contributed by atoms with Crippen LogP contribution in [0.2, 0.25) is 0 Å². The molecule has 1 amide bonds. The first-order valence-corrected chi connectivity index (χ1v) is 8.65. The molecule has 0 unspecified atom stereocenters. The normalized spacial score (nSPS) is 13.6. The highest BCUT2D eigenvalue weighted by Crippen LogP contribution is 2.40. The van der Waals surface area contributed by atoms with Crippen molar-refractivity contribution in [3.8, 4) is 28.7 Å². The molecule has 0 radical (unpaired) electrons. The Morgan fingerprint density at radius 1 is 1.00 bits per heavy atom. The van der Waals surface area contributed by atoms with Crippen LogP contribution in [0.5, 0.6) is 28.7 Å². The van der Waals surface area contributed by atoms with E-state index in [-0.39, 0.29) is 17.3 Å². The van der Waals surface area contributed by atoms with Crippen molar-refractivity contribution in [1.29, 1.82) is 0 Å². The number of hydrogen-bond acceptors (Lipinski definition) is 7. The Hall–Kier alpha value is -3.68. The number of carbonyl (C=O) groups is 2. The van der Waals surface area contributed by atoms with E-state index in [0.717, 1.165) is 0 Å². The monoisotopic (exact) mass is 399 g/mol. The molecule has 0 spiro atoms. The number of carbonyl (C=O) groups excluding carboxylic acids is 2. The molecule has 0 aliphatic carbocycles. The molecule has 0 saturated heterocycles. The second-order valence-corrected chi connectivity index (χ2v) is 6.32. The first kappa shape index (κ1) is 20.1. The van der Waals surface area contributed by atoms with Crippen LogP contribution in [0, 0.1) is 0 Å². The SMILES string of the molecule is COc1cc(/C=C2\Oc3cc(OC(=O)N(C)C)ccc3C2=O)cc(OC)c1OC. The molecule has 0 atom stereocenters. The molecule has 0 bridgehead atoms. The summed E-state index contributed by atoms with van der Waals surface area (Å²) >= 11 is 0. The fourth-order valence-corrected chi connectivity index (χ4v) is 2.76. The molecule has 3 rings (SSSR count). The van der Waals surface area contributed by atoms with Gasteiger partial charge < -0.3 is 28.6 Å². The van der Waals surface area contributed by atoms with E-state index in [1.807, 2.05) is 0 Å². The molecule has 152 valence electrons. The molecule has 29 heavy (non-hydrogen) atoms. The summed E-state index contributed by atoms with van der Waals surface area (Å²) in [7, 11) is 7.69. The summed E-state index contributed by atoms with van der Waals surface area (Å²) < 4.78 is 26.9. The van der Waals surface area contributed by atoms with Crippen molar-refractivity contribution < 1.29 is 33.3 Å². The Balaban J connectivity index is 1.91. The van der Waals surface area contributed by atoms with Gasteiger partial charge in [-0.25, -0.2) is 4.79 Å². The summed E-state index contributed by atoms with van der Waals surface area (Å²) in [6.07, 6.45) is 1.06. The Bertz CT molecular complexity index is 970. The molecule has 1 aliphatic heterocycles. The standard InChI is InChI=1S/C21H21NO7/c1-22(2)21(24)28-13-6-7-14-15(11-13)29-16(19(14)23)8-12-9-17(25-3)20(27-5)18(10-12)26-4/h6-11H,1-5H3/b16-8-. The highest BCUT2D eigenvalue weighted by molar-refractivity contribution is 6.14. The van der Waals surface area contributed by atoms with Crippen LogP contribution >= 0.6 is 0 Å². The Kier molecular flexibility index (Phi) is 5.63. The summed E-state index contributed by atoms with van der Waals surface area (Å²) in [5.74, 6) is 1.82. The largest absolute Gasteiger partial charge is 0.493 e. The van der Waals surface area contributed by atoms with Gasteiger partial charge >= 0.3 is 6.09 Å². The molecule has 0 saturated carbocycles. The number of rotatable bonds is 5. The average molecular weight is 399 g/mol. The van der Waals surface area contributed by atoms with E-state index in [9.17, 15) is 9.59 Å². The number of methoxy groups -OCH3 is 3. The van der Waals surface area contributed by atoms with Crippen LogP contribution in [0.1, 0.15) is 15.9 Å². The third kappa shape index (κ3) is 3.96. The molecule has 2 aromatic rings. The molecule has 8 nitrogen and oxygen atoms in total. The van der Waals surface area contributed by atoms with Crippen LogP contribution in [0.25, 0.3) is 6.08 Å². The van der Waals surface area contributed by atoms with Crippen molar-refractivity contribution in [3.05, 3.63) is 47.2 Å². The first-order valence-electron chi connectivity index (χ1n) is 8.65. The molecular formula is C21H21NO7. The fourth-order valence-electron chi connectivity index (χ4n) is 2.76. The number of Topliss-reactive ketones (excluding diaryl/α,β-unsaturated/α-hetero) is 1. The van der Waals surface area contributed by atoms with Crippen molar-refractivity contribution >= 4 is 18.0 Å². The minimum absolute atomic E-state index is 0.130. The average Bonchev–Trinajstić information content (AvgIpc) is 3.01. The maximum absolute atomic E-state index is 12.7. The number of ketones is 1. The number of allylic oxidation sites excluding steroid dienone is 1. The first-order chi connectivity index (χ1) is 13.9. The van der Waals surface area contributed by atoms with Crippen molar-refractivity contribution in [2.45, 2.75) is 0 Å². The van der Waals surface area contributed by atoms with Gasteiger partial charge in [-0.3, -0.25) is 4.79 Å². The minimum atomic E-state index is -0.525. The van der Waals surface area contributed by atoms with E-state index < -0.39 is 6.09 Å². The molecule has 1 heterocycles. The van der Waals surface area contributed by atoms with Crippen molar-refractivity contribution in [2.24, 2.45) is 0 Å². The van der Waals surface area contributed by atoms with E-state index in [1.165, 1.54) is 32.3 Å². The Labute approximate surface area is 168 Å². The number of amides is 1. The van der Waals surface area contributed by atoms with E-state index in [2.05, 4.69) is 0 Å². The van der Waals surface area contributed by atoms with Crippen molar-refractivity contribution in [2.75, 3.05) is 35.4 Å². The van der Waals surface area contributed by atoms with Gasteiger partial charge in [-0.1, -0.05) is 0 Å². The summed E-state index contributed by atoms with van der Waals surface area (Å²) in [6, 6.07) is 8.02. The lowest BCUT2D eigenvalue weighted by molar-refractivity contribution is 0.101. The molecule has 8 heteroatoms. The van der Waals surface area contributed by atoms with Gasteiger partial charge in [0.15, 0.2) is 17.3 Å². The Morgan fingerprint density at radius 3 is 2.21 bits per heavy atom. The second kappa shape index (κ2) is 8.14. The van der Waals surface area contributed by atoms with E-state index in [4.69, 9.17) is 23.7 Å². The second-order valence-electron chi connectivity index (χ2n) is 6.32. The number of fused-ring (bicyclic) bond motifs is 1. The maximum atomic E-state index is 12.7. The van der Waals surface area contributed by atoms with Crippen LogP contribution in [-0.2, 0) is 0 Å². The van der Waals surface area contributed by atoms with E-state index >= 15 is 0 Å². The molecule has 2 aromatic carbocycles. The lowest BCUT2D eigenvalue weighted by atomic mass is 10.1. The van der Waals surface area contributed by atoms with Crippen LogP contribution < -0.4 is 23.7 Å². The van der Waals surface area contributed by atoms with Gasteiger partial charge in [-0.15, -0.1) is 0 Å². The zero-order valence-electron chi connectivity index (χ0n) is 16.8. The van der Waals surface area contributed by atoms with Gasteiger partial charge in [0.25, 0.3) is 0 Å². The number of hydrogen-bond donors (Lipinski definition) is 0. The predicted molar refractivity (Wildman–Crippen MR) is 105 cm³/mol. The van der Waals surface area contributed by atoms with Crippen LogP contribution in [0.4, 0.5) is 4.79 Å². The van der Waals surface area contributed by atoms with Crippen LogP contribution in [0.3, 0.4) is 0 Å². The lowest BCUT2D eigenvalue weighted by Gasteiger charge is -2.13. The molecule has 0 N–H and O–H groups in total. The summed E-state index contributed by atoms with van der Waals surface area (Å²) in [5, 5.41) is 0. The highest BCUT2D eigenvalue weighted by atomic mass is 16.6. The number of nitrogens with zero attached hydrogens (tertiary/aromatic N) is 1. The van der Waals surface area contributed by atoms with Gasteiger partial charge in [-0.2, -0.15) is 0 Å². The predicted octanol–water partition coefficient (Wildman–Crippen LogP) is 3.39. The maximum Gasteiger partial charge on any atom is 0.414 e. The summed E-state index contributed by atoms with van der Waals surface area (Å²) in [6.45, 7) is 0. The van der Waals surface area contributed by atoms with Gasteiger partial charge in [0.1, 0.15) is 11.5 Å². The highest BCUT2D eigenvalue weighted by Gasteiger charge is 2.28. The van der Waals surface area contributed by atoms with Gasteiger partial charge in [0.05, 0.1) is 26.9 Å². The molecule has 0 aromatic heterocycles. The van der Waals surface area contributed by atoms with E-state index in [0.29, 0.717) is 34.1 Å². The third-order valence-electron chi connectivity index (χ3n) is 4.20. The van der Waals surface area contributed by atoms with Crippen molar-refractivity contribution in [3.63, 3.8) is 0 Å². The van der Waals surface area contributed by atoms with Crippen molar-refractivity contribution in [1.82, 2.24) is 4.90 Å². The number of benzene rings is 2. The zero-order valence-corrected chi connectivity index (χ0v) is 16.8. The van der Waals surface area contributed by atoms with Gasteiger partial charge in [0, 0.05) is 20.2 Å². The molecular weight excluding hydrogens is 378 g/mol. The molecule has 0 fully saturated rings. The topological polar surface area (TPSA) is 83.5 Å². The molecule has 1 aliphatic rings. The summed E-state index contributed by atoms with van der Waals surface area (Å²) in [4.78, 5) is 25.7. The minimum Gasteiger partial charge on any atom is -0.493 e. The summed E-state index contributed by atoms with van der Waals surface area (Å²) in [5.41, 5.74) is 1.02. The van der Waals surface area contributed by atoms with Crippen LogP contribution in [-0.4, -0.2) is 52.2 Å². The van der Waals surface area contributed by atoms with Gasteiger partial charge in [0.2, 0.25) is 11.5 Å². The lowest BCUT2D eigenvalue weighted by Crippen LogP contribution is -2.25. The fraction of sp³-hybridized carbons (Fsp3) is 0.238.